The summed E-state index contributed by atoms with van der Waals surface area (Å²) in [7, 11) is 1.90. The van der Waals surface area contributed by atoms with Gasteiger partial charge in [-0.25, -0.2) is 0 Å². The molecular weight excluding hydrogens is 366 g/mol. The molecule has 7 atom stereocenters. The van der Waals surface area contributed by atoms with Crippen molar-refractivity contribution in [1.29, 1.82) is 0 Å². The molecule has 1 rings (SSSR count). The normalized spacial score (nSPS) is 25.1. The quantitative estimate of drug-likeness (QED) is 0.271. The van der Waals surface area contributed by atoms with E-state index < -0.39 is 0 Å². The highest BCUT2D eigenvalue weighted by Crippen LogP contribution is 2.45. The van der Waals surface area contributed by atoms with Crippen LogP contribution in [0.15, 0.2) is 0 Å². The lowest BCUT2D eigenvalue weighted by atomic mass is 9.61. The summed E-state index contributed by atoms with van der Waals surface area (Å²) < 4.78 is 5.83. The average molecular weight is 424 g/mol. The number of rotatable bonds is 16. The fraction of sp³-hybridized carbons (Fsp3) is 1.00. The van der Waals surface area contributed by atoms with Crippen molar-refractivity contribution in [3.63, 3.8) is 0 Å². The van der Waals surface area contributed by atoms with Crippen LogP contribution in [-0.2, 0) is 4.74 Å². The van der Waals surface area contributed by atoms with Crippen molar-refractivity contribution < 1.29 is 4.74 Å². The summed E-state index contributed by atoms with van der Waals surface area (Å²) in [6.45, 7) is 14.4. The molecule has 0 radical (unpaired) electrons. The van der Waals surface area contributed by atoms with Crippen molar-refractivity contribution in [2.24, 2.45) is 41.2 Å². The molecule has 2 N–H and O–H groups in total. The second kappa shape index (κ2) is 15.7. The summed E-state index contributed by atoms with van der Waals surface area (Å²) in [5, 5.41) is 0. The zero-order valence-electron chi connectivity index (χ0n) is 21.8. The van der Waals surface area contributed by atoms with Gasteiger partial charge in [-0.05, 0) is 74.0 Å². The standard InChI is InChI=1S/C28H57NO/c1-8-10-15-24(30-7)20-19-23(6)28(27(29)18-13-14-21(3)4)26-17-12-11-16-25(26)22(5)9-2/h21-28H,8-20,29H2,1-7H3/t22?,23?,24?,25?,26?,27?,28-/m1/s1. The van der Waals surface area contributed by atoms with Gasteiger partial charge in [-0.2, -0.15) is 0 Å². The molecule has 30 heavy (non-hydrogen) atoms. The molecule has 6 unspecified atom stereocenters. The highest BCUT2D eigenvalue weighted by Gasteiger charge is 2.39. The Hall–Kier alpha value is -0.0800. The summed E-state index contributed by atoms with van der Waals surface area (Å²) >= 11 is 0. The third-order valence-electron chi connectivity index (χ3n) is 8.37. The van der Waals surface area contributed by atoms with Gasteiger partial charge < -0.3 is 10.5 Å². The molecule has 0 amide bonds. The molecule has 1 saturated carbocycles. The molecular formula is C28H57NO. The molecule has 0 aromatic heterocycles. The first kappa shape index (κ1) is 28.0. The van der Waals surface area contributed by atoms with E-state index in [9.17, 15) is 0 Å². The Balaban J connectivity index is 2.89. The van der Waals surface area contributed by atoms with Crippen molar-refractivity contribution in [3.8, 4) is 0 Å². The predicted octanol–water partition coefficient (Wildman–Crippen LogP) is 8.23. The van der Waals surface area contributed by atoms with E-state index in [0.29, 0.717) is 24.0 Å². The monoisotopic (exact) mass is 423 g/mol. The van der Waals surface area contributed by atoms with Gasteiger partial charge in [0.2, 0.25) is 0 Å². The van der Waals surface area contributed by atoms with E-state index in [4.69, 9.17) is 10.5 Å². The van der Waals surface area contributed by atoms with Crippen molar-refractivity contribution in [3.05, 3.63) is 0 Å². The Labute approximate surface area is 190 Å². The van der Waals surface area contributed by atoms with E-state index in [2.05, 4.69) is 41.5 Å². The average Bonchev–Trinajstić information content (AvgIpc) is 2.73. The van der Waals surface area contributed by atoms with Gasteiger partial charge in [-0.15, -0.1) is 0 Å². The van der Waals surface area contributed by atoms with Crippen LogP contribution in [0.5, 0.6) is 0 Å². The summed E-state index contributed by atoms with van der Waals surface area (Å²) in [6, 6.07) is 0.366. The lowest BCUT2D eigenvalue weighted by molar-refractivity contribution is 0.0448. The first-order valence-corrected chi connectivity index (χ1v) is 13.6. The molecule has 0 bridgehead atoms. The van der Waals surface area contributed by atoms with Crippen molar-refractivity contribution >= 4 is 0 Å². The Bertz CT molecular complexity index is 409. The number of hydrogen-bond acceptors (Lipinski definition) is 2. The Morgan fingerprint density at radius 3 is 2.07 bits per heavy atom. The summed E-state index contributed by atoms with van der Waals surface area (Å²) in [5.74, 6) is 4.72. The van der Waals surface area contributed by atoms with Crippen LogP contribution >= 0.6 is 0 Å². The van der Waals surface area contributed by atoms with Gasteiger partial charge in [0.1, 0.15) is 0 Å². The predicted molar refractivity (Wildman–Crippen MR) is 134 cm³/mol. The van der Waals surface area contributed by atoms with E-state index in [1.54, 1.807) is 0 Å². The van der Waals surface area contributed by atoms with Crippen LogP contribution in [0.3, 0.4) is 0 Å². The maximum absolute atomic E-state index is 7.03. The molecule has 0 spiro atoms. The zero-order chi connectivity index (χ0) is 22.5. The SMILES string of the molecule is CCCCC(CCC(C)[C@@H](C(N)CCCC(C)C)C1CCCCC1C(C)CC)OC. The van der Waals surface area contributed by atoms with Crippen molar-refractivity contribution in [1.82, 2.24) is 0 Å². The van der Waals surface area contributed by atoms with E-state index in [1.165, 1.54) is 83.5 Å². The molecule has 0 saturated heterocycles. The van der Waals surface area contributed by atoms with E-state index >= 15 is 0 Å². The second-order valence-electron chi connectivity index (χ2n) is 11.1. The lowest BCUT2D eigenvalue weighted by Crippen LogP contribution is -2.44. The largest absolute Gasteiger partial charge is 0.381 e. The molecule has 1 aliphatic rings. The van der Waals surface area contributed by atoms with Gasteiger partial charge in [0.25, 0.3) is 0 Å². The van der Waals surface area contributed by atoms with Crippen LogP contribution in [-0.4, -0.2) is 19.3 Å². The second-order valence-corrected chi connectivity index (χ2v) is 11.1. The minimum atomic E-state index is 0.366. The highest BCUT2D eigenvalue weighted by molar-refractivity contribution is 4.90. The van der Waals surface area contributed by atoms with Crippen LogP contribution < -0.4 is 5.73 Å². The minimum absolute atomic E-state index is 0.366. The van der Waals surface area contributed by atoms with Gasteiger partial charge in [-0.1, -0.05) is 86.5 Å². The maximum atomic E-state index is 7.03. The zero-order valence-corrected chi connectivity index (χ0v) is 21.8. The van der Waals surface area contributed by atoms with Gasteiger partial charge in [0.05, 0.1) is 6.10 Å². The molecule has 0 aromatic rings. The summed E-state index contributed by atoms with van der Waals surface area (Å²) in [4.78, 5) is 0. The van der Waals surface area contributed by atoms with E-state index in [0.717, 1.165) is 23.7 Å². The topological polar surface area (TPSA) is 35.2 Å². The highest BCUT2D eigenvalue weighted by atomic mass is 16.5. The molecule has 0 aromatic carbocycles. The molecule has 180 valence electrons. The maximum Gasteiger partial charge on any atom is 0.0571 e. The first-order chi connectivity index (χ1) is 14.3. The van der Waals surface area contributed by atoms with Crippen LogP contribution in [0.25, 0.3) is 0 Å². The fourth-order valence-electron chi connectivity index (χ4n) is 6.24. The molecule has 2 nitrogen and oxygen atoms in total. The number of methoxy groups -OCH3 is 1. The van der Waals surface area contributed by atoms with E-state index in [1.807, 2.05) is 7.11 Å². The number of ether oxygens (including phenoxy) is 1. The van der Waals surface area contributed by atoms with Crippen molar-refractivity contribution in [2.75, 3.05) is 7.11 Å². The molecule has 1 aliphatic carbocycles. The summed E-state index contributed by atoms with van der Waals surface area (Å²) in [5.41, 5.74) is 7.03. The Morgan fingerprint density at radius 1 is 0.833 bits per heavy atom. The van der Waals surface area contributed by atoms with Gasteiger partial charge in [0, 0.05) is 13.2 Å². The van der Waals surface area contributed by atoms with Crippen LogP contribution in [0, 0.1) is 35.5 Å². The third kappa shape index (κ3) is 9.60. The van der Waals surface area contributed by atoms with E-state index in [-0.39, 0.29) is 0 Å². The van der Waals surface area contributed by atoms with Gasteiger partial charge in [0.15, 0.2) is 0 Å². The van der Waals surface area contributed by atoms with Crippen LogP contribution in [0.1, 0.15) is 125 Å². The smallest absolute Gasteiger partial charge is 0.0571 e. The van der Waals surface area contributed by atoms with Crippen molar-refractivity contribution in [2.45, 2.75) is 137 Å². The molecule has 0 heterocycles. The Morgan fingerprint density at radius 2 is 1.50 bits per heavy atom. The van der Waals surface area contributed by atoms with Crippen LogP contribution in [0.4, 0.5) is 0 Å². The number of nitrogens with two attached hydrogens (primary N) is 1. The number of hydrogen-bond donors (Lipinski definition) is 1. The van der Waals surface area contributed by atoms with Gasteiger partial charge in [-0.3, -0.25) is 0 Å². The fourth-order valence-corrected chi connectivity index (χ4v) is 6.24. The molecule has 2 heteroatoms. The molecule has 0 aliphatic heterocycles. The van der Waals surface area contributed by atoms with Crippen LogP contribution in [0.2, 0.25) is 0 Å². The summed E-state index contributed by atoms with van der Waals surface area (Å²) in [6.07, 6.45) is 17.5. The minimum Gasteiger partial charge on any atom is -0.381 e. The molecule has 1 fully saturated rings. The first-order valence-electron chi connectivity index (χ1n) is 13.6. The lowest BCUT2D eigenvalue weighted by Gasteiger charge is -2.45. The third-order valence-corrected chi connectivity index (χ3v) is 8.37. The van der Waals surface area contributed by atoms with Gasteiger partial charge >= 0.3 is 0 Å². The number of unbranched alkanes of at least 4 members (excludes halogenated alkanes) is 1. The Kier molecular flexibility index (Phi) is 14.6.